The molecule has 1 amide bonds. The first kappa shape index (κ1) is 19.6. The van der Waals surface area contributed by atoms with E-state index in [9.17, 15) is 4.79 Å². The summed E-state index contributed by atoms with van der Waals surface area (Å²) >= 11 is 5.93. The van der Waals surface area contributed by atoms with E-state index >= 15 is 0 Å². The van der Waals surface area contributed by atoms with Gasteiger partial charge in [0.05, 0.1) is 0 Å². The minimum Gasteiger partial charge on any atom is -0.342 e. The molecule has 4 rings (SSSR count). The Balaban J connectivity index is 1.39. The van der Waals surface area contributed by atoms with Crippen molar-refractivity contribution in [1.82, 2.24) is 15.0 Å². The number of carbonyl (C=O) groups is 1. The average Bonchev–Trinajstić information content (AvgIpc) is 3.17. The largest absolute Gasteiger partial charge is 0.342 e. The molecule has 1 aliphatic rings. The minimum atomic E-state index is 0.179. The number of benzene rings is 2. The van der Waals surface area contributed by atoms with Crippen LogP contribution in [-0.2, 0) is 17.6 Å². The van der Waals surface area contributed by atoms with Crippen LogP contribution in [0.2, 0.25) is 5.02 Å². The van der Waals surface area contributed by atoms with Gasteiger partial charge in [-0.3, -0.25) is 4.79 Å². The quantitative estimate of drug-likeness (QED) is 0.536. The van der Waals surface area contributed by atoms with Gasteiger partial charge < -0.3 is 9.42 Å². The number of hydrogen-bond acceptors (Lipinski definition) is 4. The van der Waals surface area contributed by atoms with Gasteiger partial charge in [-0.25, -0.2) is 0 Å². The van der Waals surface area contributed by atoms with Crippen molar-refractivity contribution >= 4 is 17.5 Å². The van der Waals surface area contributed by atoms with Gasteiger partial charge in [0, 0.05) is 36.0 Å². The average molecular weight is 410 g/mol. The number of nitrogens with zero attached hydrogens (tertiary/aromatic N) is 3. The smallest absolute Gasteiger partial charge is 0.228 e. The summed E-state index contributed by atoms with van der Waals surface area (Å²) in [4.78, 5) is 19.3. The maximum atomic E-state index is 12.9. The lowest BCUT2D eigenvalue weighted by Gasteiger charge is -2.31. The van der Waals surface area contributed by atoms with Crippen LogP contribution >= 0.6 is 11.6 Å². The molecule has 0 N–H and O–H groups in total. The van der Waals surface area contributed by atoms with Gasteiger partial charge in [-0.15, -0.1) is 0 Å². The second-order valence-electron chi connectivity index (χ2n) is 7.46. The maximum absolute atomic E-state index is 12.9. The van der Waals surface area contributed by atoms with E-state index in [2.05, 4.69) is 22.3 Å². The second-order valence-corrected chi connectivity index (χ2v) is 7.89. The van der Waals surface area contributed by atoms with Crippen molar-refractivity contribution in [2.45, 2.75) is 32.1 Å². The lowest BCUT2D eigenvalue weighted by atomic mass is 9.84. The van der Waals surface area contributed by atoms with Gasteiger partial charge in [-0.2, -0.15) is 4.98 Å². The van der Waals surface area contributed by atoms with Gasteiger partial charge in [0.25, 0.3) is 0 Å². The van der Waals surface area contributed by atoms with Crippen LogP contribution in [-0.4, -0.2) is 34.0 Å². The first-order valence-electron chi connectivity index (χ1n) is 10.1. The summed E-state index contributed by atoms with van der Waals surface area (Å²) in [5.41, 5.74) is 2.10. The van der Waals surface area contributed by atoms with Gasteiger partial charge in [-0.1, -0.05) is 53.5 Å². The van der Waals surface area contributed by atoms with E-state index in [4.69, 9.17) is 16.1 Å². The Morgan fingerprint density at radius 2 is 1.76 bits per heavy atom. The van der Waals surface area contributed by atoms with Gasteiger partial charge in [0.1, 0.15) is 0 Å². The highest BCUT2D eigenvalue weighted by atomic mass is 35.5. The van der Waals surface area contributed by atoms with Crippen LogP contribution in [0.15, 0.2) is 59.1 Å². The Labute approximate surface area is 175 Å². The van der Waals surface area contributed by atoms with Crippen molar-refractivity contribution in [3.8, 4) is 11.4 Å². The molecule has 1 aliphatic carbocycles. The molecular formula is C23H24ClN3O2. The third-order valence-electron chi connectivity index (χ3n) is 5.45. The van der Waals surface area contributed by atoms with Crippen molar-refractivity contribution in [3.05, 3.63) is 71.1 Å². The number of carbonyl (C=O) groups excluding carboxylic acids is 1. The molecule has 5 nitrogen and oxygen atoms in total. The zero-order valence-corrected chi connectivity index (χ0v) is 17.0. The number of amides is 1. The van der Waals surface area contributed by atoms with E-state index in [1.165, 1.54) is 5.56 Å². The van der Waals surface area contributed by atoms with Gasteiger partial charge in [0.15, 0.2) is 0 Å². The summed E-state index contributed by atoms with van der Waals surface area (Å²) in [7, 11) is 0. The summed E-state index contributed by atoms with van der Waals surface area (Å²) in [6.45, 7) is 1.29. The number of rotatable bonds is 8. The van der Waals surface area contributed by atoms with Crippen LogP contribution < -0.4 is 0 Å². The van der Waals surface area contributed by atoms with Crippen molar-refractivity contribution in [3.63, 3.8) is 0 Å². The third kappa shape index (κ3) is 5.04. The number of aromatic nitrogens is 2. The normalized spacial score (nSPS) is 13.8. The van der Waals surface area contributed by atoms with Crippen molar-refractivity contribution in [2.24, 2.45) is 5.92 Å². The molecule has 0 radical (unpaired) electrons. The Kier molecular flexibility index (Phi) is 6.25. The van der Waals surface area contributed by atoms with Crippen LogP contribution in [0.5, 0.6) is 0 Å². The Hall–Kier alpha value is -2.66. The highest BCUT2D eigenvalue weighted by Crippen LogP contribution is 2.28. The highest BCUT2D eigenvalue weighted by Gasteiger charge is 2.29. The fraction of sp³-hybridized carbons (Fsp3) is 0.348. The van der Waals surface area contributed by atoms with E-state index in [1.54, 1.807) is 12.1 Å². The number of halogens is 1. The molecule has 1 heterocycles. The third-order valence-corrected chi connectivity index (χ3v) is 5.70. The zero-order valence-electron chi connectivity index (χ0n) is 16.3. The van der Waals surface area contributed by atoms with E-state index in [1.807, 2.05) is 35.2 Å². The van der Waals surface area contributed by atoms with Crippen LogP contribution in [0.3, 0.4) is 0 Å². The molecule has 1 saturated carbocycles. The predicted octanol–water partition coefficient (Wildman–Crippen LogP) is 4.80. The van der Waals surface area contributed by atoms with Crippen molar-refractivity contribution in [2.75, 3.05) is 13.1 Å². The lowest BCUT2D eigenvalue weighted by molar-refractivity contribution is -0.138. The Morgan fingerprint density at radius 3 is 2.45 bits per heavy atom. The highest BCUT2D eigenvalue weighted by molar-refractivity contribution is 6.30. The van der Waals surface area contributed by atoms with E-state index in [0.717, 1.165) is 31.2 Å². The molecule has 3 aromatic rings. The fourth-order valence-electron chi connectivity index (χ4n) is 3.46. The van der Waals surface area contributed by atoms with Gasteiger partial charge in [-0.05, 0) is 49.1 Å². The molecule has 0 saturated heterocycles. The van der Waals surface area contributed by atoms with E-state index in [-0.39, 0.29) is 11.8 Å². The SMILES string of the molecule is O=C(C1CCC1)N(CCc1ccccc1)CCc1nc(-c2ccc(Cl)cc2)no1. The predicted molar refractivity (Wildman–Crippen MR) is 113 cm³/mol. The molecule has 6 heteroatoms. The molecule has 0 spiro atoms. The van der Waals surface area contributed by atoms with Gasteiger partial charge in [0.2, 0.25) is 17.6 Å². The Bertz CT molecular complexity index is 936. The van der Waals surface area contributed by atoms with Crippen LogP contribution in [0.4, 0.5) is 0 Å². The van der Waals surface area contributed by atoms with Crippen molar-refractivity contribution < 1.29 is 9.32 Å². The molecule has 0 unspecified atom stereocenters. The van der Waals surface area contributed by atoms with Crippen molar-refractivity contribution in [1.29, 1.82) is 0 Å². The molecule has 0 atom stereocenters. The topological polar surface area (TPSA) is 59.2 Å². The number of hydrogen-bond donors (Lipinski definition) is 0. The van der Waals surface area contributed by atoms with E-state index < -0.39 is 0 Å². The fourth-order valence-corrected chi connectivity index (χ4v) is 3.58. The van der Waals surface area contributed by atoms with Gasteiger partial charge >= 0.3 is 0 Å². The molecule has 0 bridgehead atoms. The summed E-state index contributed by atoms with van der Waals surface area (Å²) in [5, 5.41) is 4.73. The summed E-state index contributed by atoms with van der Waals surface area (Å²) < 4.78 is 5.41. The Morgan fingerprint density at radius 1 is 1.03 bits per heavy atom. The first-order valence-corrected chi connectivity index (χ1v) is 10.5. The van der Waals surface area contributed by atoms with Crippen LogP contribution in [0.1, 0.15) is 30.7 Å². The second kappa shape index (κ2) is 9.23. The van der Waals surface area contributed by atoms with Crippen LogP contribution in [0, 0.1) is 5.92 Å². The standard InChI is InChI=1S/C23H24ClN3O2/c24-20-11-9-18(10-12-20)22-25-21(29-26-22)14-16-27(23(28)19-7-4-8-19)15-13-17-5-2-1-3-6-17/h1-3,5-6,9-12,19H,4,7-8,13-16H2. The molecule has 150 valence electrons. The monoisotopic (exact) mass is 409 g/mol. The molecule has 1 fully saturated rings. The molecular weight excluding hydrogens is 386 g/mol. The summed E-state index contributed by atoms with van der Waals surface area (Å²) in [5.74, 6) is 1.52. The summed E-state index contributed by atoms with van der Waals surface area (Å²) in [6.07, 6.45) is 4.55. The van der Waals surface area contributed by atoms with E-state index in [0.29, 0.717) is 36.2 Å². The lowest BCUT2D eigenvalue weighted by Crippen LogP contribution is -2.41. The molecule has 0 aliphatic heterocycles. The first-order chi connectivity index (χ1) is 14.2. The van der Waals surface area contributed by atoms with Crippen LogP contribution in [0.25, 0.3) is 11.4 Å². The maximum Gasteiger partial charge on any atom is 0.228 e. The molecule has 2 aromatic carbocycles. The minimum absolute atomic E-state index is 0.179. The zero-order chi connectivity index (χ0) is 20.1. The summed E-state index contributed by atoms with van der Waals surface area (Å²) in [6, 6.07) is 17.6. The molecule has 29 heavy (non-hydrogen) atoms. The molecule has 1 aromatic heterocycles.